The number of hydrogen-bond donors (Lipinski definition) is 1. The number of carbonyl (C=O) groups is 3. The molecule has 2 aromatic carbocycles. The minimum atomic E-state index is -0.665. The Balaban J connectivity index is 1.74. The first-order valence-electron chi connectivity index (χ1n) is 9.19. The average molecular weight is 383 g/mol. The van der Waals surface area contributed by atoms with E-state index in [1.807, 2.05) is 42.5 Å². The summed E-state index contributed by atoms with van der Waals surface area (Å²) < 4.78 is 10.3. The second-order valence-electron chi connectivity index (χ2n) is 6.37. The minimum Gasteiger partial charge on any atom is -0.482 e. The third kappa shape index (κ3) is 7.23. The fourth-order valence-corrected chi connectivity index (χ4v) is 2.53. The van der Waals surface area contributed by atoms with Crippen LogP contribution in [0.5, 0.6) is 5.75 Å². The molecule has 0 fully saturated rings. The number of benzene rings is 2. The molecule has 1 N–H and O–H groups in total. The molecule has 6 heteroatoms. The van der Waals surface area contributed by atoms with Crippen LogP contribution in [0.4, 0.5) is 0 Å². The van der Waals surface area contributed by atoms with E-state index in [0.29, 0.717) is 12.2 Å². The Hall–Kier alpha value is -3.15. The maximum absolute atomic E-state index is 12.0. The van der Waals surface area contributed by atoms with Gasteiger partial charge in [0.25, 0.3) is 5.91 Å². The number of rotatable bonds is 10. The lowest BCUT2D eigenvalue weighted by Gasteiger charge is -2.16. The zero-order valence-corrected chi connectivity index (χ0v) is 16.1. The normalized spacial score (nSPS) is 11.4. The Morgan fingerprint density at radius 1 is 0.929 bits per heavy atom. The minimum absolute atomic E-state index is 0.164. The molecule has 0 spiro atoms. The maximum Gasteiger partial charge on any atom is 0.344 e. The van der Waals surface area contributed by atoms with Crippen LogP contribution in [0.15, 0.2) is 54.6 Å². The van der Waals surface area contributed by atoms with Crippen molar-refractivity contribution in [2.75, 3.05) is 13.2 Å². The summed E-state index contributed by atoms with van der Waals surface area (Å²) in [6.07, 6.45) is 1.30. The summed E-state index contributed by atoms with van der Waals surface area (Å²) in [6, 6.07) is 16.1. The molecule has 0 unspecified atom stereocenters. The largest absolute Gasteiger partial charge is 0.482 e. The van der Waals surface area contributed by atoms with E-state index in [2.05, 4.69) is 12.2 Å². The highest BCUT2D eigenvalue weighted by Crippen LogP contribution is 2.12. The molecule has 0 saturated carbocycles. The predicted molar refractivity (Wildman–Crippen MR) is 105 cm³/mol. The van der Waals surface area contributed by atoms with Crippen molar-refractivity contribution in [1.82, 2.24) is 5.32 Å². The zero-order chi connectivity index (χ0) is 20.4. The molecular weight excluding hydrogens is 358 g/mol. The number of esters is 1. The number of ketones is 1. The number of nitrogens with one attached hydrogen (secondary N) is 1. The molecule has 0 heterocycles. The second kappa shape index (κ2) is 10.9. The predicted octanol–water partition coefficient (Wildman–Crippen LogP) is 2.49. The lowest BCUT2D eigenvalue weighted by Crippen LogP contribution is -2.43. The molecule has 0 aliphatic heterocycles. The van der Waals surface area contributed by atoms with Crippen molar-refractivity contribution in [2.24, 2.45) is 0 Å². The van der Waals surface area contributed by atoms with Crippen LogP contribution >= 0.6 is 0 Å². The van der Waals surface area contributed by atoms with E-state index in [-0.39, 0.29) is 12.4 Å². The third-order valence-electron chi connectivity index (χ3n) is 4.16. The summed E-state index contributed by atoms with van der Waals surface area (Å²) >= 11 is 0. The third-order valence-corrected chi connectivity index (χ3v) is 4.16. The zero-order valence-electron chi connectivity index (χ0n) is 16.1. The van der Waals surface area contributed by atoms with Gasteiger partial charge in [0.05, 0.1) is 6.04 Å². The van der Waals surface area contributed by atoms with Crippen molar-refractivity contribution in [3.05, 3.63) is 65.7 Å². The summed E-state index contributed by atoms with van der Waals surface area (Å²) in [4.78, 5) is 35.6. The van der Waals surface area contributed by atoms with E-state index in [9.17, 15) is 14.4 Å². The molecular formula is C22H25NO5. The van der Waals surface area contributed by atoms with Gasteiger partial charge >= 0.3 is 5.97 Å². The lowest BCUT2D eigenvalue weighted by atomic mass is 10.0. The van der Waals surface area contributed by atoms with Crippen LogP contribution in [0.3, 0.4) is 0 Å². The highest BCUT2D eigenvalue weighted by molar-refractivity contribution is 5.88. The van der Waals surface area contributed by atoms with Gasteiger partial charge in [0.1, 0.15) is 5.75 Å². The van der Waals surface area contributed by atoms with Gasteiger partial charge in [-0.3, -0.25) is 9.59 Å². The summed E-state index contributed by atoms with van der Waals surface area (Å²) in [5.74, 6) is -0.797. The Bertz CT molecular complexity index is 786. The Morgan fingerprint density at radius 3 is 2.21 bits per heavy atom. The van der Waals surface area contributed by atoms with Gasteiger partial charge in [-0.2, -0.15) is 0 Å². The quantitative estimate of drug-likeness (QED) is 0.638. The van der Waals surface area contributed by atoms with Gasteiger partial charge in [-0.05, 0) is 43.0 Å². The first-order chi connectivity index (χ1) is 13.5. The number of Topliss-reactive ketones (excluding diaryl/α,β-unsaturated/α-hetero) is 1. The molecule has 2 rings (SSSR count). The number of aryl methyl sites for hydroxylation is 1. The average Bonchev–Trinajstić information content (AvgIpc) is 2.71. The van der Waals surface area contributed by atoms with E-state index in [4.69, 9.17) is 9.47 Å². The molecule has 0 aliphatic carbocycles. The Morgan fingerprint density at radius 2 is 1.61 bits per heavy atom. The van der Waals surface area contributed by atoms with Crippen molar-refractivity contribution in [3.63, 3.8) is 0 Å². The first-order valence-corrected chi connectivity index (χ1v) is 9.19. The van der Waals surface area contributed by atoms with Gasteiger partial charge in [-0.15, -0.1) is 0 Å². The first kappa shape index (κ1) is 21.2. The molecule has 148 valence electrons. The molecule has 0 saturated heterocycles. The van der Waals surface area contributed by atoms with E-state index in [0.717, 1.165) is 12.0 Å². The van der Waals surface area contributed by atoms with Crippen molar-refractivity contribution in [2.45, 2.75) is 32.7 Å². The summed E-state index contributed by atoms with van der Waals surface area (Å²) in [5.41, 5.74) is 2.10. The van der Waals surface area contributed by atoms with E-state index in [1.54, 1.807) is 12.1 Å². The van der Waals surface area contributed by atoms with Crippen LogP contribution in [0.25, 0.3) is 0 Å². The van der Waals surface area contributed by atoms with Crippen LogP contribution in [0.1, 0.15) is 25.0 Å². The molecule has 6 nitrogen and oxygen atoms in total. The standard InChI is InChI=1S/C22H25NO5/c1-3-17-9-11-19(12-10-17)27-15-22(26)28-14-21(25)23-20(16(2)24)13-18-7-5-4-6-8-18/h4-12,20H,3,13-15H2,1-2H3,(H,23,25)/t20-/m1/s1. The van der Waals surface area contributed by atoms with Crippen molar-refractivity contribution >= 4 is 17.7 Å². The smallest absolute Gasteiger partial charge is 0.344 e. The highest BCUT2D eigenvalue weighted by atomic mass is 16.6. The highest BCUT2D eigenvalue weighted by Gasteiger charge is 2.18. The molecule has 1 atom stereocenters. The van der Waals surface area contributed by atoms with Crippen molar-refractivity contribution in [1.29, 1.82) is 0 Å². The number of amides is 1. The Kier molecular flexibility index (Phi) is 8.21. The van der Waals surface area contributed by atoms with Crippen LogP contribution in [0, 0.1) is 0 Å². The number of carbonyl (C=O) groups excluding carboxylic acids is 3. The van der Waals surface area contributed by atoms with Gasteiger partial charge in [0.15, 0.2) is 19.0 Å². The topological polar surface area (TPSA) is 81.7 Å². The molecule has 2 aromatic rings. The molecule has 0 bridgehead atoms. The van der Waals surface area contributed by atoms with Crippen LogP contribution in [-0.2, 0) is 32.0 Å². The molecule has 0 radical (unpaired) electrons. The second-order valence-corrected chi connectivity index (χ2v) is 6.37. The van der Waals surface area contributed by atoms with Gasteiger partial charge in [0.2, 0.25) is 0 Å². The van der Waals surface area contributed by atoms with Crippen LogP contribution in [-0.4, -0.2) is 36.9 Å². The van der Waals surface area contributed by atoms with E-state index < -0.39 is 24.5 Å². The van der Waals surface area contributed by atoms with Crippen molar-refractivity contribution < 1.29 is 23.9 Å². The summed E-state index contributed by atoms with van der Waals surface area (Å²) in [5, 5.41) is 2.60. The summed E-state index contributed by atoms with van der Waals surface area (Å²) in [7, 11) is 0. The fourth-order valence-electron chi connectivity index (χ4n) is 2.53. The van der Waals surface area contributed by atoms with Gasteiger partial charge in [-0.1, -0.05) is 49.4 Å². The van der Waals surface area contributed by atoms with Gasteiger partial charge < -0.3 is 14.8 Å². The summed E-state index contributed by atoms with van der Waals surface area (Å²) in [6.45, 7) is 2.71. The fraction of sp³-hybridized carbons (Fsp3) is 0.318. The number of hydrogen-bond acceptors (Lipinski definition) is 5. The maximum atomic E-state index is 12.0. The molecule has 1 amide bonds. The molecule has 28 heavy (non-hydrogen) atoms. The van der Waals surface area contributed by atoms with E-state index >= 15 is 0 Å². The van der Waals surface area contributed by atoms with Crippen LogP contribution < -0.4 is 10.1 Å². The Labute approximate surface area is 164 Å². The lowest BCUT2D eigenvalue weighted by molar-refractivity contribution is -0.150. The molecule has 0 aliphatic rings. The van der Waals surface area contributed by atoms with E-state index in [1.165, 1.54) is 12.5 Å². The SMILES string of the molecule is CCc1ccc(OCC(=O)OCC(=O)N[C@H](Cc2ccccc2)C(C)=O)cc1. The van der Waals surface area contributed by atoms with Gasteiger partial charge in [0, 0.05) is 0 Å². The molecule has 0 aromatic heterocycles. The van der Waals surface area contributed by atoms with Crippen molar-refractivity contribution in [3.8, 4) is 5.75 Å². The van der Waals surface area contributed by atoms with Crippen LogP contribution in [0.2, 0.25) is 0 Å². The van der Waals surface area contributed by atoms with Gasteiger partial charge in [-0.25, -0.2) is 4.79 Å². The number of ether oxygens (including phenoxy) is 2. The monoisotopic (exact) mass is 383 g/mol.